The molecule has 0 aromatic rings. The molecule has 2 atom stereocenters. The number of quaternary nitrogens is 1. The van der Waals surface area contributed by atoms with Crippen molar-refractivity contribution in [3.63, 3.8) is 0 Å². The summed E-state index contributed by atoms with van der Waals surface area (Å²) >= 11 is 0. The Morgan fingerprint density at radius 1 is 1.00 bits per heavy atom. The van der Waals surface area contributed by atoms with Gasteiger partial charge in [-0.25, -0.2) is 0 Å². The van der Waals surface area contributed by atoms with E-state index in [1.165, 1.54) is 0 Å². The summed E-state index contributed by atoms with van der Waals surface area (Å²) in [5.41, 5.74) is 0. The fourth-order valence-electron chi connectivity index (χ4n) is 0.258. The van der Waals surface area contributed by atoms with E-state index in [-0.39, 0.29) is 27.9 Å². The minimum Gasteiger partial charge on any atom is -0.547 e. The topological polar surface area (TPSA) is 157 Å². The van der Waals surface area contributed by atoms with Gasteiger partial charge in [0, 0.05) is 0 Å². The van der Waals surface area contributed by atoms with Crippen molar-refractivity contribution in [2.75, 3.05) is 0 Å². The molecule has 0 bridgehead atoms. The summed E-state index contributed by atoms with van der Waals surface area (Å²) in [5, 5.41) is 35.7. The van der Waals surface area contributed by atoms with Gasteiger partial charge in [0.15, 0.2) is 0 Å². The van der Waals surface area contributed by atoms with Crippen molar-refractivity contribution in [3.05, 3.63) is 0 Å². The molecular weight excluding hydrogens is 206 g/mol. The molecule has 0 aliphatic carbocycles. The molecule has 0 saturated heterocycles. The third-order valence-electron chi connectivity index (χ3n) is 0.782. The van der Waals surface area contributed by atoms with E-state index in [9.17, 15) is 19.8 Å². The molecule has 0 aliphatic rings. The SMILES string of the molecule is O=C([O-])C(O)C(O)C(=O)[O-].[NH4+].[Ti+]. The van der Waals surface area contributed by atoms with E-state index >= 15 is 0 Å². The van der Waals surface area contributed by atoms with Crippen molar-refractivity contribution in [1.82, 2.24) is 6.15 Å². The van der Waals surface area contributed by atoms with Gasteiger partial charge >= 0.3 is 21.7 Å². The summed E-state index contributed by atoms with van der Waals surface area (Å²) in [6.45, 7) is 0. The van der Waals surface area contributed by atoms with Crippen molar-refractivity contribution >= 4 is 11.9 Å². The second kappa shape index (κ2) is 7.20. The molecule has 69 valence electrons. The predicted molar refractivity (Wildman–Crippen MR) is 28.0 cm³/mol. The van der Waals surface area contributed by atoms with Crippen LogP contribution in [0.25, 0.3) is 0 Å². The Labute approximate surface area is 82.5 Å². The number of hydrogen-bond donors (Lipinski definition) is 3. The summed E-state index contributed by atoms with van der Waals surface area (Å²) in [5.74, 6) is -4.12. The minimum absolute atomic E-state index is 0. The maximum atomic E-state index is 9.63. The Morgan fingerprint density at radius 3 is 1.25 bits per heavy atom. The van der Waals surface area contributed by atoms with Crippen LogP contribution in [0.3, 0.4) is 0 Å². The Hall–Kier alpha value is -0.466. The first-order chi connectivity index (χ1) is 4.46. The fraction of sp³-hybridized carbons (Fsp3) is 0.500. The molecule has 6 N–H and O–H groups in total. The normalized spacial score (nSPS) is 13.2. The molecule has 0 rings (SSSR count). The average Bonchev–Trinajstić information content (AvgIpc) is 1.84. The van der Waals surface area contributed by atoms with E-state index in [0.29, 0.717) is 0 Å². The molecular formula is C4H8NO6Ti. The number of carbonyl (C=O) groups is 2. The van der Waals surface area contributed by atoms with E-state index in [1.54, 1.807) is 0 Å². The number of aliphatic hydroxyl groups excluding tert-OH is 2. The van der Waals surface area contributed by atoms with Gasteiger partial charge in [-0.1, -0.05) is 0 Å². The summed E-state index contributed by atoms with van der Waals surface area (Å²) in [6.07, 6.45) is -4.88. The second-order valence-corrected chi connectivity index (χ2v) is 1.53. The van der Waals surface area contributed by atoms with Crippen LogP contribution in [0.5, 0.6) is 0 Å². The Morgan fingerprint density at radius 2 is 1.17 bits per heavy atom. The molecule has 2 unspecified atom stereocenters. The van der Waals surface area contributed by atoms with Crippen LogP contribution in [0.2, 0.25) is 0 Å². The van der Waals surface area contributed by atoms with Gasteiger partial charge in [-0.2, -0.15) is 0 Å². The van der Waals surface area contributed by atoms with Crippen LogP contribution in [0.15, 0.2) is 0 Å². The molecule has 0 amide bonds. The smallest absolute Gasteiger partial charge is 0.547 e. The Balaban J connectivity index is -0.000000405. The van der Waals surface area contributed by atoms with Gasteiger partial charge in [0.1, 0.15) is 12.2 Å². The molecule has 0 aromatic heterocycles. The maximum Gasteiger partial charge on any atom is 1.00 e. The van der Waals surface area contributed by atoms with Crippen LogP contribution < -0.4 is 16.4 Å². The second-order valence-electron chi connectivity index (χ2n) is 1.53. The van der Waals surface area contributed by atoms with Crippen LogP contribution in [0, 0.1) is 0 Å². The van der Waals surface area contributed by atoms with Crippen LogP contribution >= 0.6 is 0 Å². The molecule has 0 spiro atoms. The Bertz CT molecular complexity index is 144. The first kappa shape index (κ1) is 17.6. The van der Waals surface area contributed by atoms with E-state index < -0.39 is 24.1 Å². The number of carboxylic acid groups (broad SMARTS) is 2. The van der Waals surface area contributed by atoms with Crippen LogP contribution in [0.1, 0.15) is 0 Å². The van der Waals surface area contributed by atoms with Crippen LogP contribution in [-0.2, 0) is 31.3 Å². The van der Waals surface area contributed by atoms with Crippen molar-refractivity contribution in [1.29, 1.82) is 0 Å². The van der Waals surface area contributed by atoms with Gasteiger partial charge in [-0.15, -0.1) is 0 Å². The Kier molecular flexibility index (Phi) is 10.5. The van der Waals surface area contributed by atoms with Crippen LogP contribution in [0.4, 0.5) is 0 Å². The van der Waals surface area contributed by atoms with E-state index in [1.807, 2.05) is 0 Å². The standard InChI is InChI=1S/C4H6O6.H3N.Ti/c5-1(3(7)8)2(6)4(9)10;;/h1-2,5-6H,(H,7,8)(H,9,10);1H3;/q;;+1/p-1. The molecule has 7 nitrogen and oxygen atoms in total. The van der Waals surface area contributed by atoms with E-state index in [4.69, 9.17) is 10.2 Å². The fourth-order valence-corrected chi connectivity index (χ4v) is 0.258. The summed E-state index contributed by atoms with van der Waals surface area (Å²) < 4.78 is 0. The zero-order valence-electron chi connectivity index (χ0n) is 6.18. The van der Waals surface area contributed by atoms with Gasteiger partial charge in [0.25, 0.3) is 0 Å². The summed E-state index contributed by atoms with van der Waals surface area (Å²) in [7, 11) is 0. The number of carbonyl (C=O) groups excluding carboxylic acids is 2. The average molecular weight is 214 g/mol. The molecule has 0 aliphatic heterocycles. The van der Waals surface area contributed by atoms with Gasteiger partial charge in [0.2, 0.25) is 0 Å². The largest absolute Gasteiger partial charge is 1.00 e. The third-order valence-corrected chi connectivity index (χ3v) is 0.782. The molecule has 0 heterocycles. The first-order valence-corrected chi connectivity index (χ1v) is 2.24. The zero-order valence-corrected chi connectivity index (χ0v) is 7.74. The van der Waals surface area contributed by atoms with E-state index in [0.717, 1.165) is 0 Å². The first-order valence-electron chi connectivity index (χ1n) is 2.24. The molecule has 12 heavy (non-hydrogen) atoms. The maximum absolute atomic E-state index is 9.63. The molecule has 0 saturated carbocycles. The van der Waals surface area contributed by atoms with Gasteiger partial charge in [-0.3, -0.25) is 0 Å². The van der Waals surface area contributed by atoms with Crippen molar-refractivity contribution in [3.8, 4) is 0 Å². The van der Waals surface area contributed by atoms with Gasteiger partial charge in [0.05, 0.1) is 11.9 Å². The molecule has 8 heteroatoms. The number of hydrogen-bond acceptors (Lipinski definition) is 6. The molecule has 0 fully saturated rings. The predicted octanol–water partition coefficient (Wildman–Crippen LogP) is -4.42. The van der Waals surface area contributed by atoms with Gasteiger partial charge < -0.3 is 36.2 Å². The quantitative estimate of drug-likeness (QED) is 0.402. The summed E-state index contributed by atoms with van der Waals surface area (Å²) in [6, 6.07) is 0. The number of aliphatic carboxylic acids is 2. The summed E-state index contributed by atoms with van der Waals surface area (Å²) in [4.78, 5) is 19.3. The number of rotatable bonds is 3. The number of carboxylic acids is 2. The van der Waals surface area contributed by atoms with Crippen LogP contribution in [-0.4, -0.2) is 34.4 Å². The van der Waals surface area contributed by atoms with Gasteiger partial charge in [-0.05, 0) is 0 Å². The molecule has 0 aromatic carbocycles. The van der Waals surface area contributed by atoms with Crippen molar-refractivity contribution < 1.29 is 51.7 Å². The zero-order chi connectivity index (χ0) is 8.31. The van der Waals surface area contributed by atoms with Crippen molar-refractivity contribution in [2.45, 2.75) is 12.2 Å². The monoisotopic (exact) mass is 214 g/mol. The third kappa shape index (κ3) is 5.22. The van der Waals surface area contributed by atoms with Crippen molar-refractivity contribution in [2.24, 2.45) is 0 Å². The number of aliphatic hydroxyl groups is 2. The molecule has 1 radical (unpaired) electrons. The van der Waals surface area contributed by atoms with E-state index in [2.05, 4.69) is 0 Å². The minimum atomic E-state index is -2.44.